The molecule has 0 saturated carbocycles. The smallest absolute Gasteiger partial charge is 0.180 e. The Labute approximate surface area is 113 Å². The number of hydrogen-bond donors (Lipinski definition) is 1. The Morgan fingerprint density at radius 3 is 2.63 bits per heavy atom. The van der Waals surface area contributed by atoms with Crippen molar-refractivity contribution in [3.05, 3.63) is 29.8 Å². The summed E-state index contributed by atoms with van der Waals surface area (Å²) in [6.07, 6.45) is 1.17. The number of sulfone groups is 2. The van der Waals surface area contributed by atoms with Crippen molar-refractivity contribution in [1.82, 2.24) is 5.32 Å². The maximum absolute atomic E-state index is 12.0. The summed E-state index contributed by atoms with van der Waals surface area (Å²) in [5, 5.41) is 3.09. The Kier molecular flexibility index (Phi) is 3.72. The van der Waals surface area contributed by atoms with Gasteiger partial charge >= 0.3 is 0 Å². The summed E-state index contributed by atoms with van der Waals surface area (Å²) in [4.78, 5) is 0.346. The number of nitrogens with one attached hydrogen (secondary N) is 1. The third-order valence-corrected chi connectivity index (χ3v) is 5.97. The molecule has 0 saturated heterocycles. The fourth-order valence-corrected chi connectivity index (χ4v) is 5.19. The van der Waals surface area contributed by atoms with Crippen molar-refractivity contribution >= 4 is 19.7 Å². The monoisotopic (exact) mass is 303 g/mol. The molecule has 2 atom stereocenters. The number of fused-ring (bicyclic) bond motifs is 1. The molecule has 1 aliphatic heterocycles. The van der Waals surface area contributed by atoms with Crippen LogP contribution in [0.2, 0.25) is 0 Å². The molecule has 0 aliphatic carbocycles. The van der Waals surface area contributed by atoms with E-state index < -0.39 is 19.7 Å². The van der Waals surface area contributed by atoms with Crippen molar-refractivity contribution in [3.8, 4) is 0 Å². The van der Waals surface area contributed by atoms with E-state index in [1.807, 2.05) is 0 Å². The van der Waals surface area contributed by atoms with E-state index in [1.54, 1.807) is 31.2 Å². The molecule has 7 heteroatoms. The lowest BCUT2D eigenvalue weighted by atomic mass is 10.1. The van der Waals surface area contributed by atoms with Crippen LogP contribution in [0.3, 0.4) is 0 Å². The lowest BCUT2D eigenvalue weighted by Crippen LogP contribution is -2.36. The van der Waals surface area contributed by atoms with Gasteiger partial charge in [-0.05, 0) is 18.6 Å². The van der Waals surface area contributed by atoms with E-state index in [0.717, 1.165) is 5.56 Å². The highest BCUT2D eigenvalue weighted by atomic mass is 32.2. The van der Waals surface area contributed by atoms with Gasteiger partial charge in [0.25, 0.3) is 0 Å². The van der Waals surface area contributed by atoms with Crippen LogP contribution in [-0.4, -0.2) is 40.6 Å². The molecule has 0 radical (unpaired) electrons. The molecular formula is C12H17NO4S2. The Hall–Kier alpha value is -0.920. The molecule has 2 rings (SSSR count). The first-order valence-corrected chi connectivity index (χ1v) is 9.66. The van der Waals surface area contributed by atoms with Crippen LogP contribution in [0.4, 0.5) is 0 Å². The van der Waals surface area contributed by atoms with Crippen LogP contribution in [-0.2, 0) is 19.7 Å². The predicted molar refractivity (Wildman–Crippen MR) is 73.5 cm³/mol. The SMILES string of the molecule is CC(CS(C)(=O)=O)NC1CS(=O)(=O)c2ccccc21. The van der Waals surface area contributed by atoms with E-state index in [2.05, 4.69) is 5.32 Å². The van der Waals surface area contributed by atoms with Gasteiger partial charge in [-0.25, -0.2) is 16.8 Å². The number of benzene rings is 1. The Morgan fingerprint density at radius 1 is 1.37 bits per heavy atom. The molecule has 0 aromatic heterocycles. The molecule has 2 unspecified atom stereocenters. The van der Waals surface area contributed by atoms with Gasteiger partial charge in [-0.1, -0.05) is 18.2 Å². The maximum atomic E-state index is 12.0. The van der Waals surface area contributed by atoms with Gasteiger partial charge in [0.05, 0.1) is 16.4 Å². The summed E-state index contributed by atoms with van der Waals surface area (Å²) < 4.78 is 46.4. The van der Waals surface area contributed by atoms with Gasteiger partial charge in [0.15, 0.2) is 9.84 Å². The van der Waals surface area contributed by atoms with Crippen molar-refractivity contribution in [2.75, 3.05) is 17.8 Å². The van der Waals surface area contributed by atoms with Crippen LogP contribution >= 0.6 is 0 Å². The average Bonchev–Trinajstić information content (AvgIpc) is 2.49. The first kappa shape index (κ1) is 14.5. The van der Waals surface area contributed by atoms with Crippen molar-refractivity contribution in [2.24, 2.45) is 0 Å². The highest BCUT2D eigenvalue weighted by Gasteiger charge is 2.34. The Bertz CT molecular complexity index is 679. The van der Waals surface area contributed by atoms with Crippen molar-refractivity contribution in [2.45, 2.75) is 23.9 Å². The minimum Gasteiger partial charge on any atom is -0.305 e. The highest BCUT2D eigenvalue weighted by Crippen LogP contribution is 2.33. The van der Waals surface area contributed by atoms with E-state index in [0.29, 0.717) is 4.90 Å². The molecule has 0 spiro atoms. The first-order chi connectivity index (χ1) is 8.69. The molecule has 0 fully saturated rings. The van der Waals surface area contributed by atoms with E-state index in [-0.39, 0.29) is 23.6 Å². The summed E-state index contributed by atoms with van der Waals surface area (Å²) >= 11 is 0. The van der Waals surface area contributed by atoms with Crippen LogP contribution in [0.1, 0.15) is 18.5 Å². The number of hydrogen-bond acceptors (Lipinski definition) is 5. The predicted octanol–water partition coefficient (Wildman–Crippen LogP) is 0.538. The van der Waals surface area contributed by atoms with E-state index >= 15 is 0 Å². The fourth-order valence-electron chi connectivity index (χ4n) is 2.43. The maximum Gasteiger partial charge on any atom is 0.180 e. The summed E-state index contributed by atoms with van der Waals surface area (Å²) in [6.45, 7) is 1.74. The highest BCUT2D eigenvalue weighted by molar-refractivity contribution is 7.91. The van der Waals surface area contributed by atoms with Crippen LogP contribution in [0.25, 0.3) is 0 Å². The Morgan fingerprint density at radius 2 is 2.00 bits per heavy atom. The zero-order valence-electron chi connectivity index (χ0n) is 10.8. The van der Waals surface area contributed by atoms with Gasteiger partial charge in [0.2, 0.25) is 0 Å². The number of rotatable bonds is 4. The molecule has 1 aromatic carbocycles. The quantitative estimate of drug-likeness (QED) is 0.878. The molecule has 1 aromatic rings. The third kappa shape index (κ3) is 3.34. The minimum atomic E-state index is -3.26. The zero-order chi connectivity index (χ0) is 14.3. The van der Waals surface area contributed by atoms with Crippen molar-refractivity contribution < 1.29 is 16.8 Å². The van der Waals surface area contributed by atoms with E-state index in [9.17, 15) is 16.8 Å². The molecular weight excluding hydrogens is 286 g/mol. The third-order valence-electron chi connectivity index (χ3n) is 3.05. The second-order valence-electron chi connectivity index (χ2n) is 5.03. The largest absolute Gasteiger partial charge is 0.305 e. The Balaban J connectivity index is 2.21. The lowest BCUT2D eigenvalue weighted by Gasteiger charge is -2.18. The summed E-state index contributed by atoms with van der Waals surface area (Å²) in [6, 6.07) is 6.21. The molecule has 19 heavy (non-hydrogen) atoms. The topological polar surface area (TPSA) is 80.3 Å². The van der Waals surface area contributed by atoms with E-state index in [4.69, 9.17) is 0 Å². The van der Waals surface area contributed by atoms with Crippen LogP contribution < -0.4 is 5.32 Å². The van der Waals surface area contributed by atoms with Gasteiger partial charge in [0.1, 0.15) is 9.84 Å². The van der Waals surface area contributed by atoms with Gasteiger partial charge in [-0.15, -0.1) is 0 Å². The molecule has 0 amide bonds. The molecule has 0 bridgehead atoms. The fraction of sp³-hybridized carbons (Fsp3) is 0.500. The summed E-state index contributed by atoms with van der Waals surface area (Å²) in [5.74, 6) is -0.0217. The van der Waals surface area contributed by atoms with E-state index in [1.165, 1.54) is 6.26 Å². The molecule has 1 heterocycles. The van der Waals surface area contributed by atoms with Gasteiger partial charge in [-0.2, -0.15) is 0 Å². The van der Waals surface area contributed by atoms with Crippen LogP contribution in [0.5, 0.6) is 0 Å². The van der Waals surface area contributed by atoms with Gasteiger partial charge < -0.3 is 5.32 Å². The standard InChI is InChI=1S/C12H17NO4S2/c1-9(7-18(2,14)15)13-11-8-19(16,17)12-6-4-3-5-10(11)12/h3-6,9,11,13H,7-8H2,1-2H3. The molecule has 1 N–H and O–H groups in total. The molecule has 5 nitrogen and oxygen atoms in total. The van der Waals surface area contributed by atoms with Crippen molar-refractivity contribution in [3.63, 3.8) is 0 Å². The zero-order valence-corrected chi connectivity index (χ0v) is 12.5. The normalized spacial score (nSPS) is 22.9. The summed E-state index contributed by atoms with van der Waals surface area (Å²) in [7, 11) is -6.34. The second kappa shape index (κ2) is 4.88. The first-order valence-electron chi connectivity index (χ1n) is 5.94. The molecule has 106 valence electrons. The second-order valence-corrected chi connectivity index (χ2v) is 9.22. The average molecular weight is 303 g/mol. The van der Waals surface area contributed by atoms with Gasteiger partial charge in [-0.3, -0.25) is 0 Å². The van der Waals surface area contributed by atoms with Crippen LogP contribution in [0, 0.1) is 0 Å². The minimum absolute atomic E-state index is 0.00822. The van der Waals surface area contributed by atoms with Gasteiger partial charge in [0, 0.05) is 18.3 Å². The molecule has 1 aliphatic rings. The summed E-state index contributed by atoms with van der Waals surface area (Å²) in [5.41, 5.74) is 0.725. The lowest BCUT2D eigenvalue weighted by molar-refractivity contribution is 0.503. The van der Waals surface area contributed by atoms with Crippen molar-refractivity contribution in [1.29, 1.82) is 0 Å². The van der Waals surface area contributed by atoms with Crippen LogP contribution in [0.15, 0.2) is 29.2 Å².